The van der Waals surface area contributed by atoms with Crippen molar-refractivity contribution in [1.29, 1.82) is 0 Å². The summed E-state index contributed by atoms with van der Waals surface area (Å²) < 4.78 is 6.67. The van der Waals surface area contributed by atoms with Gasteiger partial charge in [-0.2, -0.15) is 0 Å². The van der Waals surface area contributed by atoms with Crippen LogP contribution in [-0.2, 0) is 21.5 Å². The van der Waals surface area contributed by atoms with Gasteiger partial charge < -0.3 is 15.0 Å². The minimum atomic E-state index is -0.647. The summed E-state index contributed by atoms with van der Waals surface area (Å²) in [5, 5.41) is 2.98. The Morgan fingerprint density at radius 1 is 1.06 bits per heavy atom. The lowest BCUT2D eigenvalue weighted by Gasteiger charge is -2.31. The third-order valence-corrected chi connectivity index (χ3v) is 6.04. The second-order valence-corrected chi connectivity index (χ2v) is 11.4. The smallest absolute Gasteiger partial charge is 0.261 e. The SMILES string of the molecule is Cc1ccccc1CN(C(=O)COc1ccc(C(C)(C)C)cc1Br)[C@H](C)C(=O)NC(C)(C)C. The minimum absolute atomic E-state index is 0.0110. The van der Waals surface area contributed by atoms with Crippen molar-refractivity contribution in [3.8, 4) is 5.75 Å². The number of hydrogen-bond acceptors (Lipinski definition) is 3. The molecule has 0 aliphatic rings. The number of benzene rings is 2. The molecule has 0 bridgehead atoms. The van der Waals surface area contributed by atoms with Gasteiger partial charge in [0.2, 0.25) is 5.91 Å². The molecule has 2 amide bonds. The Labute approximate surface area is 207 Å². The number of carbonyl (C=O) groups is 2. The predicted molar refractivity (Wildman–Crippen MR) is 137 cm³/mol. The summed E-state index contributed by atoms with van der Waals surface area (Å²) >= 11 is 3.56. The molecular formula is C27H37BrN2O3. The zero-order valence-corrected chi connectivity index (χ0v) is 22.7. The van der Waals surface area contributed by atoms with Crippen LogP contribution in [0.15, 0.2) is 46.9 Å². The van der Waals surface area contributed by atoms with E-state index in [0.717, 1.165) is 15.6 Å². The topological polar surface area (TPSA) is 58.6 Å². The highest BCUT2D eigenvalue weighted by molar-refractivity contribution is 9.10. The maximum absolute atomic E-state index is 13.3. The molecule has 2 aromatic carbocycles. The van der Waals surface area contributed by atoms with Crippen LogP contribution >= 0.6 is 15.9 Å². The van der Waals surface area contributed by atoms with Gasteiger partial charge in [0.05, 0.1) is 4.47 Å². The zero-order valence-electron chi connectivity index (χ0n) is 21.1. The monoisotopic (exact) mass is 516 g/mol. The van der Waals surface area contributed by atoms with E-state index in [0.29, 0.717) is 12.3 Å². The summed E-state index contributed by atoms with van der Waals surface area (Å²) in [5.41, 5.74) is 2.86. The van der Waals surface area contributed by atoms with Gasteiger partial charge in [-0.05, 0) is 84.8 Å². The van der Waals surface area contributed by atoms with E-state index in [1.165, 1.54) is 5.56 Å². The molecule has 0 aliphatic heterocycles. The summed E-state index contributed by atoms with van der Waals surface area (Å²) in [7, 11) is 0. The van der Waals surface area contributed by atoms with Crippen LogP contribution in [0.2, 0.25) is 0 Å². The Hall–Kier alpha value is -2.34. The zero-order chi connectivity index (χ0) is 25.0. The highest BCUT2D eigenvalue weighted by Crippen LogP contribution is 2.31. The van der Waals surface area contributed by atoms with E-state index in [9.17, 15) is 9.59 Å². The first-order valence-electron chi connectivity index (χ1n) is 11.3. The molecule has 2 rings (SSSR count). The number of ether oxygens (including phenoxy) is 1. The average Bonchev–Trinajstić information content (AvgIpc) is 2.69. The van der Waals surface area contributed by atoms with Gasteiger partial charge in [-0.1, -0.05) is 51.1 Å². The number of amides is 2. The van der Waals surface area contributed by atoms with Crippen LogP contribution in [0, 0.1) is 6.92 Å². The molecule has 1 atom stereocenters. The Morgan fingerprint density at radius 3 is 2.24 bits per heavy atom. The molecule has 0 aromatic heterocycles. The van der Waals surface area contributed by atoms with E-state index in [2.05, 4.69) is 42.0 Å². The quantitative estimate of drug-likeness (QED) is 0.508. The van der Waals surface area contributed by atoms with Gasteiger partial charge in [0, 0.05) is 12.1 Å². The van der Waals surface area contributed by atoms with Crippen molar-refractivity contribution >= 4 is 27.7 Å². The Balaban J connectivity index is 2.22. The molecule has 6 heteroatoms. The first kappa shape index (κ1) is 26.9. The van der Waals surface area contributed by atoms with Crippen LogP contribution in [0.25, 0.3) is 0 Å². The third kappa shape index (κ3) is 7.88. The molecule has 0 heterocycles. The normalized spacial score (nSPS) is 12.8. The van der Waals surface area contributed by atoms with Crippen molar-refractivity contribution in [3.63, 3.8) is 0 Å². The average molecular weight is 518 g/mol. The minimum Gasteiger partial charge on any atom is -0.483 e. The third-order valence-electron chi connectivity index (χ3n) is 5.42. The first-order valence-corrected chi connectivity index (χ1v) is 12.1. The lowest BCUT2D eigenvalue weighted by Crippen LogP contribution is -2.53. The second kappa shape index (κ2) is 10.7. The fourth-order valence-corrected chi connectivity index (χ4v) is 3.83. The number of halogens is 1. The fourth-order valence-electron chi connectivity index (χ4n) is 3.33. The van der Waals surface area contributed by atoms with Gasteiger partial charge in [-0.3, -0.25) is 9.59 Å². The van der Waals surface area contributed by atoms with E-state index >= 15 is 0 Å². The lowest BCUT2D eigenvalue weighted by atomic mass is 9.87. The Kier molecular flexibility index (Phi) is 8.75. The molecule has 1 N–H and O–H groups in total. The standard InChI is InChI=1S/C27H37BrN2O3/c1-18-11-9-10-12-20(18)16-30(19(2)25(32)29-27(6,7)8)24(31)17-33-23-14-13-21(15-22(23)28)26(3,4)5/h9-15,19H,16-17H2,1-8H3,(H,29,32)/t19-/m1/s1. The van der Waals surface area contributed by atoms with Crippen molar-refractivity contribution in [2.24, 2.45) is 0 Å². The number of hydrogen-bond donors (Lipinski definition) is 1. The lowest BCUT2D eigenvalue weighted by molar-refractivity contribution is -0.142. The molecule has 0 saturated heterocycles. The molecule has 0 unspecified atom stereocenters. The van der Waals surface area contributed by atoms with Crippen LogP contribution < -0.4 is 10.1 Å². The van der Waals surface area contributed by atoms with Crippen molar-refractivity contribution in [1.82, 2.24) is 10.2 Å². The number of nitrogens with zero attached hydrogens (tertiary/aromatic N) is 1. The Morgan fingerprint density at radius 2 is 1.70 bits per heavy atom. The first-order chi connectivity index (χ1) is 15.2. The number of carbonyl (C=O) groups excluding carboxylic acids is 2. The van der Waals surface area contributed by atoms with Gasteiger partial charge in [0.1, 0.15) is 11.8 Å². The van der Waals surface area contributed by atoms with Gasteiger partial charge >= 0.3 is 0 Å². The molecule has 0 saturated carbocycles. The van der Waals surface area contributed by atoms with Gasteiger partial charge in [-0.15, -0.1) is 0 Å². The molecule has 0 fully saturated rings. The summed E-state index contributed by atoms with van der Waals surface area (Å²) in [6, 6.07) is 13.1. The molecule has 0 radical (unpaired) electrons. The van der Waals surface area contributed by atoms with E-state index in [1.54, 1.807) is 11.8 Å². The predicted octanol–water partition coefficient (Wildman–Crippen LogP) is 5.77. The van der Waals surface area contributed by atoms with Crippen molar-refractivity contribution < 1.29 is 14.3 Å². The molecule has 33 heavy (non-hydrogen) atoms. The van der Waals surface area contributed by atoms with E-state index in [-0.39, 0.29) is 29.4 Å². The maximum atomic E-state index is 13.3. The highest BCUT2D eigenvalue weighted by atomic mass is 79.9. The van der Waals surface area contributed by atoms with Crippen molar-refractivity contribution in [3.05, 3.63) is 63.6 Å². The van der Waals surface area contributed by atoms with Crippen LogP contribution in [0.3, 0.4) is 0 Å². The van der Waals surface area contributed by atoms with Crippen molar-refractivity contribution in [2.45, 2.75) is 78.9 Å². The number of aryl methyl sites for hydroxylation is 1. The summed E-state index contributed by atoms with van der Waals surface area (Å²) in [6.07, 6.45) is 0. The molecule has 2 aromatic rings. The summed E-state index contributed by atoms with van der Waals surface area (Å²) in [5.74, 6) is 0.153. The van der Waals surface area contributed by atoms with Crippen LogP contribution in [-0.4, -0.2) is 34.9 Å². The van der Waals surface area contributed by atoms with Gasteiger partial charge in [-0.25, -0.2) is 0 Å². The Bertz CT molecular complexity index is 990. The van der Waals surface area contributed by atoms with E-state index < -0.39 is 6.04 Å². The molecule has 0 aliphatic carbocycles. The fraction of sp³-hybridized carbons (Fsp3) is 0.481. The van der Waals surface area contributed by atoms with E-state index in [1.807, 2.05) is 70.2 Å². The molecule has 180 valence electrons. The maximum Gasteiger partial charge on any atom is 0.261 e. The van der Waals surface area contributed by atoms with Gasteiger partial charge in [0.25, 0.3) is 5.91 Å². The molecular weight excluding hydrogens is 480 g/mol. The van der Waals surface area contributed by atoms with Crippen LogP contribution in [0.5, 0.6) is 5.75 Å². The van der Waals surface area contributed by atoms with Crippen LogP contribution in [0.1, 0.15) is 65.2 Å². The second-order valence-electron chi connectivity index (χ2n) is 10.5. The summed E-state index contributed by atoms with van der Waals surface area (Å²) in [4.78, 5) is 27.8. The largest absolute Gasteiger partial charge is 0.483 e. The number of nitrogens with one attached hydrogen (secondary N) is 1. The van der Waals surface area contributed by atoms with Gasteiger partial charge in [0.15, 0.2) is 6.61 Å². The summed E-state index contributed by atoms with van der Waals surface area (Å²) in [6.45, 7) is 16.1. The number of rotatable bonds is 7. The van der Waals surface area contributed by atoms with Crippen LogP contribution in [0.4, 0.5) is 0 Å². The van der Waals surface area contributed by atoms with E-state index in [4.69, 9.17) is 4.74 Å². The molecule has 0 spiro atoms. The van der Waals surface area contributed by atoms with Crippen molar-refractivity contribution in [2.75, 3.05) is 6.61 Å². The molecule has 5 nitrogen and oxygen atoms in total. The highest BCUT2D eigenvalue weighted by Gasteiger charge is 2.29.